The molecule has 0 fully saturated rings. The molecule has 9 heteroatoms. The molecule has 0 saturated heterocycles. The molecule has 19 aromatic carbocycles. The molecule has 0 unspecified atom stereocenters. The monoisotopic (exact) mass is 1840 g/mol. The largest absolute Gasteiger partial charge is 0.309 e. The Morgan fingerprint density at radius 2 is 0.514 bits per heavy atom. The second-order valence-corrected chi connectivity index (χ2v) is 39.5. The third kappa shape index (κ3) is 14.5. The van der Waals surface area contributed by atoms with Crippen LogP contribution in [0.4, 0.5) is 0 Å². The first-order valence-electron chi connectivity index (χ1n) is 49.6. The van der Waals surface area contributed by atoms with E-state index in [1.54, 1.807) is 0 Å². The van der Waals surface area contributed by atoms with E-state index in [9.17, 15) is 0 Å². The van der Waals surface area contributed by atoms with E-state index < -0.39 is 0 Å². The molecule has 6 heterocycles. The normalized spacial score (nSPS) is 13.1. The maximum Gasteiger partial charge on any atom is 0.235 e. The smallest absolute Gasteiger partial charge is 0.235 e. The van der Waals surface area contributed by atoms with Crippen molar-refractivity contribution in [1.29, 1.82) is 0 Å². The predicted molar refractivity (Wildman–Crippen MR) is 596 cm³/mol. The van der Waals surface area contributed by atoms with E-state index in [0.29, 0.717) is 23.4 Å². The summed E-state index contributed by atoms with van der Waals surface area (Å²) in [6.45, 7) is 14.1. The lowest BCUT2D eigenvalue weighted by atomic mass is 9.80. The van der Waals surface area contributed by atoms with Crippen LogP contribution in [-0.4, -0.2) is 43.6 Å². The molecule has 0 saturated carbocycles. The highest BCUT2D eigenvalue weighted by atomic mass is 15.2. The molecule has 0 amide bonds. The summed E-state index contributed by atoms with van der Waals surface area (Å²) < 4.78 is 7.03. The lowest BCUT2D eigenvalue weighted by Crippen LogP contribution is -2.15. The van der Waals surface area contributed by atoms with Crippen LogP contribution in [0.25, 0.3) is 229 Å². The Kier molecular flexibility index (Phi) is 20.8. The van der Waals surface area contributed by atoms with Gasteiger partial charge in [0.2, 0.25) is 5.95 Å². The predicted octanol–water partition coefficient (Wildman–Crippen LogP) is 34.3. The number of benzene rings is 19. The standard InChI is InChI=1S/C48H34N4.C44H32N2.C43H31N3/c1-48(2)40-22-11-9-20-37(40)38-28-29-42-43(44(38)48)39-21-10-12-23-41(39)52(42)36-26-24-33(25-27-36)46-49-45(32-16-7-4-8-17-32)50-47(51-46)35-19-13-18-34(30-35)31-14-5-3-6-15-31;1-44(2)36-19-11-9-17-34(36)42-37(44)25-26-40-43(42)35-18-10-12-20-39(35)46(40)41-28-33(30-15-7-4-8-16-30)27-38(45-41)32-23-21-31(22-24-32)29-13-5-3-6-14-29;1-43(2)34-19-11-9-17-32(34)40-35(43)25-26-39-41(40)33-18-10-12-20-38(33)46(39)42-44-36(30-15-7-4-8-16-30)27-37(45-42)31-23-21-29(22-24-31)28-13-5-3-6-14-28/h3-30H,1-2H3;3-28H,1-2H3;3-27H,1-2H3. The van der Waals surface area contributed by atoms with Crippen LogP contribution >= 0.6 is 0 Å². The number of pyridine rings is 1. The van der Waals surface area contributed by atoms with Gasteiger partial charge in [0, 0.05) is 87.6 Å². The Labute approximate surface area is 836 Å². The molecule has 6 aromatic heterocycles. The summed E-state index contributed by atoms with van der Waals surface area (Å²) in [5.74, 6) is 3.51. The summed E-state index contributed by atoms with van der Waals surface area (Å²) in [5, 5.41) is 7.62. The van der Waals surface area contributed by atoms with Crippen LogP contribution in [0.15, 0.2) is 479 Å². The maximum atomic E-state index is 5.40. The molecule has 0 spiro atoms. The Morgan fingerprint density at radius 1 is 0.181 bits per heavy atom. The molecule has 0 atom stereocenters. The third-order valence-electron chi connectivity index (χ3n) is 30.1. The van der Waals surface area contributed by atoms with Crippen LogP contribution < -0.4 is 0 Å². The first kappa shape index (κ1) is 86.2. The molecule has 0 bridgehead atoms. The fraction of sp³-hybridized carbons (Fsp3) is 0.0667. The van der Waals surface area contributed by atoms with Gasteiger partial charge in [-0.2, -0.15) is 0 Å². The van der Waals surface area contributed by atoms with E-state index in [-0.39, 0.29) is 16.2 Å². The van der Waals surface area contributed by atoms with Gasteiger partial charge in [0.1, 0.15) is 5.82 Å². The van der Waals surface area contributed by atoms with Crippen molar-refractivity contribution in [2.45, 2.75) is 57.8 Å². The fourth-order valence-electron chi connectivity index (χ4n) is 23.1. The van der Waals surface area contributed by atoms with Crippen molar-refractivity contribution in [1.82, 2.24) is 43.6 Å². The number of aromatic nitrogens is 9. The van der Waals surface area contributed by atoms with Crippen molar-refractivity contribution >= 4 is 65.4 Å². The number of hydrogen-bond donors (Lipinski definition) is 0. The Morgan fingerprint density at radius 3 is 1.02 bits per heavy atom. The number of hydrogen-bond acceptors (Lipinski definition) is 6. The summed E-state index contributed by atoms with van der Waals surface area (Å²) in [5.41, 5.74) is 42.2. The van der Waals surface area contributed by atoms with Crippen molar-refractivity contribution in [3.63, 3.8) is 0 Å². The van der Waals surface area contributed by atoms with Gasteiger partial charge in [0.25, 0.3) is 0 Å². The van der Waals surface area contributed by atoms with Gasteiger partial charge < -0.3 is 4.57 Å². The van der Waals surface area contributed by atoms with E-state index in [1.807, 2.05) is 48.5 Å². The number of fused-ring (bicyclic) bond motifs is 21. The zero-order valence-electron chi connectivity index (χ0n) is 80.6. The van der Waals surface area contributed by atoms with Gasteiger partial charge in [-0.25, -0.2) is 29.9 Å². The minimum Gasteiger partial charge on any atom is -0.309 e. The van der Waals surface area contributed by atoms with Crippen LogP contribution in [0, 0.1) is 0 Å². The number of nitrogens with zero attached hydrogens (tertiary/aromatic N) is 9. The van der Waals surface area contributed by atoms with Gasteiger partial charge >= 0.3 is 0 Å². The lowest BCUT2D eigenvalue weighted by molar-refractivity contribution is 0.660. The third-order valence-corrected chi connectivity index (χ3v) is 30.1. The second kappa shape index (κ2) is 34.7. The van der Waals surface area contributed by atoms with Crippen molar-refractivity contribution in [3.05, 3.63) is 513 Å². The highest BCUT2D eigenvalue weighted by Gasteiger charge is 2.42. The number of rotatable bonds is 13. The minimum atomic E-state index is -0.113. The zero-order chi connectivity index (χ0) is 96.5. The minimum absolute atomic E-state index is 0.0616. The first-order valence-corrected chi connectivity index (χ1v) is 49.6. The van der Waals surface area contributed by atoms with E-state index >= 15 is 0 Å². The van der Waals surface area contributed by atoms with Crippen molar-refractivity contribution < 1.29 is 0 Å². The molecule has 0 N–H and O–H groups in total. The van der Waals surface area contributed by atoms with E-state index in [1.165, 1.54) is 143 Å². The molecule has 0 radical (unpaired) electrons. The maximum absolute atomic E-state index is 5.40. The van der Waals surface area contributed by atoms with Crippen molar-refractivity contribution in [3.8, 4) is 163 Å². The van der Waals surface area contributed by atoms with E-state index in [0.717, 1.165) is 95.2 Å². The SMILES string of the molecule is CC1(C)c2ccccc2-c2c1ccc1c2c2ccccc2n1-c1cc(-c2ccccc2)cc(-c2ccc(-c3ccccc3)cc2)n1.CC1(C)c2ccccc2-c2c1ccc1c2c2ccccc2n1-c1nc(-c2ccccc2)cc(-c2ccc(-c3ccccc3)cc2)n1.CC1(C)c2ccccc2-c2ccc3c(c21)c1ccccc1n3-c1ccc(-c2nc(-c3ccccc3)nc(-c3cccc(-c4ccccc4)c3)n2)cc1. The van der Waals surface area contributed by atoms with Gasteiger partial charge in [0.05, 0.1) is 50.2 Å². The summed E-state index contributed by atoms with van der Waals surface area (Å²) in [6, 6.07) is 171. The zero-order valence-corrected chi connectivity index (χ0v) is 80.6. The molecule has 682 valence electrons. The Bertz CT molecular complexity index is 9000. The van der Waals surface area contributed by atoms with Gasteiger partial charge in [-0.05, 0) is 196 Å². The van der Waals surface area contributed by atoms with E-state index in [2.05, 4.69) is 486 Å². The first-order chi connectivity index (χ1) is 70.7. The lowest BCUT2D eigenvalue weighted by Gasteiger charge is -2.22. The van der Waals surface area contributed by atoms with Gasteiger partial charge in [0.15, 0.2) is 17.5 Å². The van der Waals surface area contributed by atoms with Crippen LogP contribution in [-0.2, 0) is 16.2 Å². The molecule has 9 nitrogen and oxygen atoms in total. The number of para-hydroxylation sites is 3. The molecular weight excluding hydrogens is 1750 g/mol. The van der Waals surface area contributed by atoms with E-state index in [4.69, 9.17) is 29.9 Å². The molecule has 0 aliphatic heterocycles. The van der Waals surface area contributed by atoms with Crippen LogP contribution in [0.5, 0.6) is 0 Å². The quantitative estimate of drug-likeness (QED) is 0.114. The second-order valence-electron chi connectivity index (χ2n) is 39.5. The van der Waals surface area contributed by atoms with Crippen molar-refractivity contribution in [2.75, 3.05) is 0 Å². The summed E-state index contributed by atoms with van der Waals surface area (Å²) in [6.07, 6.45) is 0. The Balaban J connectivity index is 0.000000110. The topological polar surface area (TPSA) is 92.1 Å². The molecule has 3 aliphatic rings. The van der Waals surface area contributed by atoms with Gasteiger partial charge in [-0.15, -0.1) is 0 Å². The highest BCUT2D eigenvalue weighted by Crippen LogP contribution is 2.58. The molecule has 144 heavy (non-hydrogen) atoms. The van der Waals surface area contributed by atoms with Gasteiger partial charge in [-0.1, -0.05) is 436 Å². The van der Waals surface area contributed by atoms with Crippen LogP contribution in [0.2, 0.25) is 0 Å². The van der Waals surface area contributed by atoms with Crippen molar-refractivity contribution in [2.24, 2.45) is 0 Å². The molecule has 28 rings (SSSR count). The average molecular weight is 1850 g/mol. The van der Waals surface area contributed by atoms with Gasteiger partial charge in [-0.3, -0.25) is 9.13 Å². The molecular formula is C135H97N9. The summed E-state index contributed by atoms with van der Waals surface area (Å²) in [7, 11) is 0. The van der Waals surface area contributed by atoms with Crippen LogP contribution in [0.1, 0.15) is 74.9 Å². The highest BCUT2D eigenvalue weighted by molar-refractivity contribution is 6.20. The fourth-order valence-corrected chi connectivity index (χ4v) is 23.1. The summed E-state index contributed by atoms with van der Waals surface area (Å²) in [4.78, 5) is 31.0. The molecule has 25 aromatic rings. The van der Waals surface area contributed by atoms with Crippen LogP contribution in [0.3, 0.4) is 0 Å². The average Bonchev–Trinajstić information content (AvgIpc) is 1.55. The molecule has 3 aliphatic carbocycles. The Hall–Kier alpha value is -18.2. The summed E-state index contributed by atoms with van der Waals surface area (Å²) >= 11 is 0.